The molecule has 0 saturated carbocycles. The van der Waals surface area contributed by atoms with Crippen molar-refractivity contribution in [2.75, 3.05) is 25.1 Å². The number of amides is 2. The van der Waals surface area contributed by atoms with E-state index >= 15 is 0 Å². The van der Waals surface area contributed by atoms with E-state index in [1.807, 2.05) is 19.9 Å². The van der Waals surface area contributed by atoms with Crippen molar-refractivity contribution in [1.82, 2.24) is 5.32 Å². The quantitative estimate of drug-likeness (QED) is 0.878. The zero-order chi connectivity index (χ0) is 15.9. The fourth-order valence-electron chi connectivity index (χ4n) is 2.38. The first-order chi connectivity index (χ1) is 10.6. The lowest BCUT2D eigenvalue weighted by Gasteiger charge is -2.22. The van der Waals surface area contributed by atoms with E-state index in [2.05, 4.69) is 10.6 Å². The van der Waals surface area contributed by atoms with Gasteiger partial charge in [0.05, 0.1) is 11.3 Å². The molecule has 0 radical (unpaired) electrons. The van der Waals surface area contributed by atoms with Gasteiger partial charge in [0, 0.05) is 25.7 Å². The number of rotatable bonds is 5. The van der Waals surface area contributed by atoms with Crippen molar-refractivity contribution in [2.24, 2.45) is 11.8 Å². The van der Waals surface area contributed by atoms with Gasteiger partial charge in [0.25, 0.3) is 5.91 Å². The van der Waals surface area contributed by atoms with Gasteiger partial charge in [0.15, 0.2) is 0 Å². The Bertz CT molecular complexity index is 522. The summed E-state index contributed by atoms with van der Waals surface area (Å²) in [6.07, 6.45) is 1.46. The second kappa shape index (κ2) is 7.94. The van der Waals surface area contributed by atoms with Crippen molar-refractivity contribution in [3.8, 4) is 0 Å². The molecule has 5 heteroatoms. The molecule has 1 saturated heterocycles. The monoisotopic (exact) mass is 304 g/mol. The maximum atomic E-state index is 12.3. The largest absolute Gasteiger partial charge is 0.381 e. The summed E-state index contributed by atoms with van der Waals surface area (Å²) in [4.78, 5) is 24.6. The van der Waals surface area contributed by atoms with E-state index < -0.39 is 0 Å². The smallest absolute Gasteiger partial charge is 0.253 e. The Balaban J connectivity index is 2.04. The third kappa shape index (κ3) is 4.56. The van der Waals surface area contributed by atoms with Gasteiger partial charge in [-0.1, -0.05) is 26.0 Å². The molecule has 2 amide bonds. The Hall–Kier alpha value is -1.88. The predicted octanol–water partition coefficient (Wildman–Crippen LogP) is 2.44. The van der Waals surface area contributed by atoms with Crippen LogP contribution in [0.2, 0.25) is 0 Å². The van der Waals surface area contributed by atoms with E-state index in [1.165, 1.54) is 0 Å². The fraction of sp³-hybridized carbons (Fsp3) is 0.529. The van der Waals surface area contributed by atoms with Crippen molar-refractivity contribution in [3.05, 3.63) is 29.8 Å². The highest BCUT2D eigenvalue weighted by Crippen LogP contribution is 2.20. The normalized spacial score (nSPS) is 15.6. The maximum absolute atomic E-state index is 12.3. The number of carbonyl (C=O) groups excluding carboxylic acids is 2. The van der Waals surface area contributed by atoms with Crippen molar-refractivity contribution in [3.63, 3.8) is 0 Å². The number of hydrogen-bond donors (Lipinski definition) is 2. The molecule has 0 aliphatic carbocycles. The van der Waals surface area contributed by atoms with E-state index in [4.69, 9.17) is 4.74 Å². The van der Waals surface area contributed by atoms with Gasteiger partial charge in [-0.15, -0.1) is 0 Å². The summed E-state index contributed by atoms with van der Waals surface area (Å²) < 4.78 is 5.27. The molecule has 2 rings (SSSR count). The number of carbonyl (C=O) groups is 2. The zero-order valence-electron chi connectivity index (χ0n) is 13.2. The molecule has 0 unspecified atom stereocenters. The molecule has 120 valence electrons. The third-order valence-electron chi connectivity index (χ3n) is 3.69. The lowest BCUT2D eigenvalue weighted by Crippen LogP contribution is -2.31. The van der Waals surface area contributed by atoms with Crippen LogP contribution in [0.25, 0.3) is 0 Å². The molecular weight excluding hydrogens is 280 g/mol. The van der Waals surface area contributed by atoms with Gasteiger partial charge in [-0.05, 0) is 30.9 Å². The molecule has 5 nitrogen and oxygen atoms in total. The van der Waals surface area contributed by atoms with E-state index in [9.17, 15) is 9.59 Å². The number of para-hydroxylation sites is 1. The number of anilines is 1. The minimum Gasteiger partial charge on any atom is -0.381 e. The molecule has 0 atom stereocenters. The Morgan fingerprint density at radius 2 is 1.91 bits per heavy atom. The molecule has 1 aliphatic rings. The van der Waals surface area contributed by atoms with E-state index in [0.29, 0.717) is 36.9 Å². The van der Waals surface area contributed by atoms with E-state index in [0.717, 1.165) is 12.8 Å². The van der Waals surface area contributed by atoms with Crippen LogP contribution in [0, 0.1) is 11.8 Å². The summed E-state index contributed by atoms with van der Waals surface area (Å²) in [5, 5.41) is 5.77. The summed E-state index contributed by atoms with van der Waals surface area (Å²) in [5.74, 6) is 0.150. The summed E-state index contributed by atoms with van der Waals surface area (Å²) >= 11 is 0. The van der Waals surface area contributed by atoms with Crippen LogP contribution in [0.4, 0.5) is 5.69 Å². The van der Waals surface area contributed by atoms with Gasteiger partial charge < -0.3 is 15.4 Å². The van der Waals surface area contributed by atoms with Crippen LogP contribution >= 0.6 is 0 Å². The fourth-order valence-corrected chi connectivity index (χ4v) is 2.38. The lowest BCUT2D eigenvalue weighted by molar-refractivity contribution is -0.122. The molecule has 0 aromatic heterocycles. The summed E-state index contributed by atoms with van der Waals surface area (Å²) in [5.41, 5.74) is 1.07. The predicted molar refractivity (Wildman–Crippen MR) is 85.8 cm³/mol. The van der Waals surface area contributed by atoms with Crippen LogP contribution < -0.4 is 10.6 Å². The van der Waals surface area contributed by atoms with Crippen molar-refractivity contribution in [2.45, 2.75) is 26.7 Å². The van der Waals surface area contributed by atoms with Gasteiger partial charge >= 0.3 is 0 Å². The zero-order valence-corrected chi connectivity index (χ0v) is 13.2. The maximum Gasteiger partial charge on any atom is 0.253 e. The van der Waals surface area contributed by atoms with Crippen LogP contribution in [-0.4, -0.2) is 31.6 Å². The molecule has 0 bridgehead atoms. The van der Waals surface area contributed by atoms with Crippen molar-refractivity contribution < 1.29 is 14.3 Å². The van der Waals surface area contributed by atoms with Crippen molar-refractivity contribution in [1.29, 1.82) is 0 Å². The topological polar surface area (TPSA) is 67.4 Å². The average Bonchev–Trinajstić information content (AvgIpc) is 2.54. The summed E-state index contributed by atoms with van der Waals surface area (Å²) in [6.45, 7) is 5.93. The number of ether oxygens (including phenoxy) is 1. The molecule has 1 aromatic rings. The molecule has 1 heterocycles. The average molecular weight is 304 g/mol. The lowest BCUT2D eigenvalue weighted by atomic mass is 9.99. The molecular formula is C17H24N2O3. The second-order valence-corrected chi connectivity index (χ2v) is 6.03. The standard InChI is InChI=1S/C17H24N2O3/c1-12(2)11-18-17(21)14-5-3-4-6-15(14)19-16(20)13-7-9-22-10-8-13/h3-6,12-13H,7-11H2,1-2H3,(H,18,21)(H,19,20). The first-order valence-corrected chi connectivity index (χ1v) is 7.83. The molecule has 1 fully saturated rings. The third-order valence-corrected chi connectivity index (χ3v) is 3.69. The molecule has 1 aliphatic heterocycles. The van der Waals surface area contributed by atoms with Gasteiger partial charge in [-0.25, -0.2) is 0 Å². The Morgan fingerprint density at radius 3 is 2.59 bits per heavy atom. The number of benzene rings is 1. The second-order valence-electron chi connectivity index (χ2n) is 6.03. The van der Waals surface area contributed by atoms with Gasteiger partial charge in [0.2, 0.25) is 5.91 Å². The minimum absolute atomic E-state index is 0.0348. The van der Waals surface area contributed by atoms with E-state index in [-0.39, 0.29) is 17.7 Å². The Morgan fingerprint density at radius 1 is 1.23 bits per heavy atom. The van der Waals surface area contributed by atoms with Crippen LogP contribution in [0.5, 0.6) is 0 Å². The number of nitrogens with one attached hydrogen (secondary N) is 2. The minimum atomic E-state index is -0.156. The van der Waals surface area contributed by atoms with Crippen LogP contribution in [0.3, 0.4) is 0 Å². The summed E-state index contributed by atoms with van der Waals surface area (Å²) in [6, 6.07) is 7.12. The highest BCUT2D eigenvalue weighted by Gasteiger charge is 2.23. The van der Waals surface area contributed by atoms with Gasteiger partial charge in [0.1, 0.15) is 0 Å². The molecule has 2 N–H and O–H groups in total. The molecule has 0 spiro atoms. The first-order valence-electron chi connectivity index (χ1n) is 7.83. The summed E-state index contributed by atoms with van der Waals surface area (Å²) in [7, 11) is 0. The first kappa shape index (κ1) is 16.5. The Labute approximate surface area is 131 Å². The van der Waals surface area contributed by atoms with Gasteiger partial charge in [-0.3, -0.25) is 9.59 Å². The highest BCUT2D eigenvalue weighted by atomic mass is 16.5. The number of hydrogen-bond acceptors (Lipinski definition) is 3. The van der Waals surface area contributed by atoms with Crippen LogP contribution in [0.15, 0.2) is 24.3 Å². The molecule has 1 aromatic carbocycles. The SMILES string of the molecule is CC(C)CNC(=O)c1ccccc1NC(=O)C1CCOCC1. The van der Waals surface area contributed by atoms with E-state index in [1.54, 1.807) is 18.2 Å². The van der Waals surface area contributed by atoms with Crippen LogP contribution in [-0.2, 0) is 9.53 Å². The highest BCUT2D eigenvalue weighted by molar-refractivity contribution is 6.04. The van der Waals surface area contributed by atoms with Crippen LogP contribution in [0.1, 0.15) is 37.0 Å². The van der Waals surface area contributed by atoms with Gasteiger partial charge in [-0.2, -0.15) is 0 Å². The van der Waals surface area contributed by atoms with Crippen molar-refractivity contribution >= 4 is 17.5 Å². The molecule has 22 heavy (non-hydrogen) atoms. The Kier molecular flexibility index (Phi) is 5.95.